The van der Waals surface area contributed by atoms with Crippen molar-refractivity contribution in [2.45, 2.75) is 31.7 Å². The van der Waals surface area contributed by atoms with Gasteiger partial charge in [-0.05, 0) is 35.4 Å². The van der Waals surface area contributed by atoms with Gasteiger partial charge in [0.15, 0.2) is 0 Å². The van der Waals surface area contributed by atoms with Crippen LogP contribution in [0.2, 0.25) is 0 Å². The molecular weight excluding hydrogens is 532 g/mol. The van der Waals surface area contributed by atoms with Crippen LogP contribution < -0.4 is 5.32 Å². The van der Waals surface area contributed by atoms with Crippen molar-refractivity contribution in [3.8, 4) is 5.75 Å². The average Bonchev–Trinajstić information content (AvgIpc) is 2.99. The lowest BCUT2D eigenvalue weighted by atomic mass is 9.98. The molecule has 2 aliphatic heterocycles. The van der Waals surface area contributed by atoms with Crippen LogP contribution in [0.25, 0.3) is 10.9 Å². The molecule has 10 heteroatoms. The van der Waals surface area contributed by atoms with Crippen molar-refractivity contribution in [3.05, 3.63) is 108 Å². The van der Waals surface area contributed by atoms with E-state index < -0.39 is 12.2 Å². The maximum absolute atomic E-state index is 14.1. The van der Waals surface area contributed by atoms with Crippen LogP contribution in [0.4, 0.5) is 4.79 Å². The second-order valence-corrected chi connectivity index (χ2v) is 10.7. The molecule has 2 N–H and O–H groups in total. The van der Waals surface area contributed by atoms with Crippen LogP contribution in [0.15, 0.2) is 91.0 Å². The summed E-state index contributed by atoms with van der Waals surface area (Å²) in [5.41, 5.74) is 3.29. The summed E-state index contributed by atoms with van der Waals surface area (Å²) in [5, 5.41) is 16.9. The highest BCUT2D eigenvalue weighted by atomic mass is 16.3. The Morgan fingerprint density at radius 2 is 1.67 bits per heavy atom. The number of aromatic nitrogens is 1. The molecule has 10 nitrogen and oxygen atoms in total. The number of carbonyl (C=O) groups is 3. The highest BCUT2D eigenvalue weighted by Gasteiger charge is 2.50. The Morgan fingerprint density at radius 1 is 0.929 bits per heavy atom. The predicted octanol–water partition coefficient (Wildman–Crippen LogP) is 3.12. The molecule has 0 saturated carbocycles. The molecule has 2 aliphatic rings. The maximum atomic E-state index is 14.1. The van der Waals surface area contributed by atoms with Gasteiger partial charge in [0.1, 0.15) is 18.0 Å². The highest BCUT2D eigenvalue weighted by molar-refractivity contribution is 5.91. The number of phenols is 1. The first-order valence-electron chi connectivity index (χ1n) is 13.9. The van der Waals surface area contributed by atoms with Crippen molar-refractivity contribution in [1.82, 2.24) is 30.1 Å². The summed E-state index contributed by atoms with van der Waals surface area (Å²) >= 11 is 0. The van der Waals surface area contributed by atoms with Crippen LogP contribution in [0.3, 0.4) is 0 Å². The SMILES string of the molecule is CN1CC(=O)N2C(CN(Cc3ccc4ccccc4n3)C(=O)[C@@H]2Cc2ccc(O)cc2)N1C(=O)NCc1ccccc1. The number of hydrazine groups is 1. The van der Waals surface area contributed by atoms with E-state index in [1.54, 1.807) is 51.1 Å². The van der Waals surface area contributed by atoms with Crippen molar-refractivity contribution >= 4 is 28.7 Å². The number of phenolic OH excluding ortho intramolecular Hbond substituents is 1. The van der Waals surface area contributed by atoms with Gasteiger partial charge in [-0.3, -0.25) is 14.6 Å². The molecule has 1 unspecified atom stereocenters. The number of amides is 4. The molecule has 4 aromatic rings. The third kappa shape index (κ3) is 5.48. The van der Waals surface area contributed by atoms with E-state index in [9.17, 15) is 19.5 Å². The van der Waals surface area contributed by atoms with Gasteiger partial charge in [0.25, 0.3) is 0 Å². The van der Waals surface area contributed by atoms with E-state index in [1.807, 2.05) is 66.7 Å². The van der Waals surface area contributed by atoms with Crippen molar-refractivity contribution in [1.29, 1.82) is 0 Å². The summed E-state index contributed by atoms with van der Waals surface area (Å²) in [7, 11) is 1.71. The van der Waals surface area contributed by atoms with Gasteiger partial charge < -0.3 is 20.2 Å². The third-order valence-corrected chi connectivity index (χ3v) is 7.81. The number of pyridine rings is 1. The van der Waals surface area contributed by atoms with E-state index in [-0.39, 0.29) is 49.7 Å². The number of carbonyl (C=O) groups excluding carboxylic acids is 3. The predicted molar refractivity (Wildman–Crippen MR) is 157 cm³/mol. The van der Waals surface area contributed by atoms with Crippen molar-refractivity contribution in [2.75, 3.05) is 20.1 Å². The lowest BCUT2D eigenvalue weighted by Crippen LogP contribution is -2.76. The number of benzene rings is 3. The molecule has 0 bridgehead atoms. The average molecular weight is 565 g/mol. The number of urea groups is 1. The molecule has 6 rings (SSSR count). The minimum absolute atomic E-state index is 0.0408. The largest absolute Gasteiger partial charge is 0.508 e. The fourth-order valence-electron chi connectivity index (χ4n) is 5.75. The van der Waals surface area contributed by atoms with Gasteiger partial charge >= 0.3 is 6.03 Å². The molecular formula is C32H32N6O4. The van der Waals surface area contributed by atoms with Gasteiger partial charge in [-0.15, -0.1) is 0 Å². The minimum Gasteiger partial charge on any atom is -0.508 e. The van der Waals surface area contributed by atoms with Gasteiger partial charge in [-0.1, -0.05) is 66.7 Å². The number of aromatic hydroxyl groups is 1. The zero-order valence-electron chi connectivity index (χ0n) is 23.3. The van der Waals surface area contributed by atoms with Crippen LogP contribution in [0.5, 0.6) is 5.75 Å². The standard InChI is InChI=1S/C32H32N6O4/c1-35-21-30(40)37-28(17-22-11-15-26(39)16-12-22)31(41)36(19-25-14-13-24-9-5-6-10-27(24)34-25)20-29(37)38(35)32(42)33-18-23-7-3-2-4-8-23/h2-16,28-29,39H,17-21H2,1H3,(H,33,42)/t28-,29?/m0/s1. The first-order valence-corrected chi connectivity index (χ1v) is 13.9. The Morgan fingerprint density at radius 3 is 2.45 bits per heavy atom. The number of nitrogens with one attached hydrogen (secondary N) is 1. The summed E-state index contributed by atoms with van der Waals surface area (Å²) in [6.45, 7) is 0.651. The number of fused-ring (bicyclic) bond motifs is 2. The zero-order chi connectivity index (χ0) is 29.2. The summed E-state index contributed by atoms with van der Waals surface area (Å²) in [4.78, 5) is 49.2. The quantitative estimate of drug-likeness (QED) is 0.373. The van der Waals surface area contributed by atoms with Crippen LogP contribution in [-0.4, -0.2) is 80.1 Å². The van der Waals surface area contributed by atoms with E-state index >= 15 is 0 Å². The molecule has 2 fully saturated rings. The van der Waals surface area contributed by atoms with Crippen LogP contribution in [-0.2, 0) is 29.1 Å². The zero-order valence-corrected chi connectivity index (χ0v) is 23.3. The van der Waals surface area contributed by atoms with E-state index in [0.717, 1.165) is 27.7 Å². The van der Waals surface area contributed by atoms with E-state index in [4.69, 9.17) is 4.98 Å². The molecule has 214 valence electrons. The number of para-hydroxylation sites is 1. The number of rotatable bonds is 6. The molecule has 2 atom stereocenters. The second-order valence-electron chi connectivity index (χ2n) is 10.7. The van der Waals surface area contributed by atoms with Gasteiger partial charge in [0.05, 0.1) is 30.8 Å². The van der Waals surface area contributed by atoms with Gasteiger partial charge in [-0.2, -0.15) is 0 Å². The molecule has 3 aromatic carbocycles. The van der Waals surface area contributed by atoms with Crippen molar-refractivity contribution in [3.63, 3.8) is 0 Å². The van der Waals surface area contributed by atoms with E-state index in [0.29, 0.717) is 6.54 Å². The topological polar surface area (TPSA) is 109 Å². The number of piperazine rings is 1. The minimum atomic E-state index is -0.834. The van der Waals surface area contributed by atoms with Crippen LogP contribution in [0, 0.1) is 0 Å². The first kappa shape index (κ1) is 27.2. The Bertz CT molecular complexity index is 1610. The molecule has 3 heterocycles. The van der Waals surface area contributed by atoms with E-state index in [1.165, 1.54) is 0 Å². The number of likely N-dealkylation sites (N-methyl/N-ethyl adjacent to an activating group) is 1. The number of hydrogen-bond acceptors (Lipinski definition) is 6. The highest BCUT2D eigenvalue weighted by Crippen LogP contribution is 2.29. The molecule has 2 saturated heterocycles. The number of hydrogen-bond donors (Lipinski definition) is 2. The number of nitrogens with zero attached hydrogens (tertiary/aromatic N) is 5. The van der Waals surface area contributed by atoms with Crippen molar-refractivity contribution in [2.24, 2.45) is 0 Å². The van der Waals surface area contributed by atoms with Gasteiger partial charge in [0.2, 0.25) is 11.8 Å². The Balaban J connectivity index is 1.32. The molecule has 0 spiro atoms. The summed E-state index contributed by atoms with van der Waals surface area (Å²) < 4.78 is 0. The fourth-order valence-corrected chi connectivity index (χ4v) is 5.75. The first-order chi connectivity index (χ1) is 20.4. The van der Waals surface area contributed by atoms with Crippen molar-refractivity contribution < 1.29 is 19.5 Å². The summed E-state index contributed by atoms with van der Waals surface area (Å²) in [6, 6.07) is 26.7. The Kier molecular flexibility index (Phi) is 7.45. The maximum Gasteiger partial charge on any atom is 0.334 e. The normalized spacial score (nSPS) is 19.2. The third-order valence-electron chi connectivity index (χ3n) is 7.81. The van der Waals surface area contributed by atoms with Crippen LogP contribution >= 0.6 is 0 Å². The van der Waals surface area contributed by atoms with Gasteiger partial charge in [0, 0.05) is 25.4 Å². The fraction of sp³-hybridized carbons (Fsp3) is 0.250. The Labute approximate surface area is 243 Å². The summed E-state index contributed by atoms with van der Waals surface area (Å²) in [6.07, 6.45) is -0.473. The lowest BCUT2D eigenvalue weighted by Gasteiger charge is -2.54. The smallest absolute Gasteiger partial charge is 0.334 e. The van der Waals surface area contributed by atoms with Crippen LogP contribution in [0.1, 0.15) is 16.8 Å². The molecule has 4 amide bonds. The Hall–Kier alpha value is -4.96. The van der Waals surface area contributed by atoms with E-state index in [2.05, 4.69) is 5.32 Å². The monoisotopic (exact) mass is 564 g/mol. The van der Waals surface area contributed by atoms with Gasteiger partial charge in [-0.25, -0.2) is 14.8 Å². The molecule has 0 radical (unpaired) electrons. The molecule has 1 aromatic heterocycles. The lowest BCUT2D eigenvalue weighted by molar-refractivity contribution is -0.187. The molecule has 42 heavy (non-hydrogen) atoms. The second kappa shape index (κ2) is 11.5. The molecule has 0 aliphatic carbocycles. The summed E-state index contributed by atoms with van der Waals surface area (Å²) in [5.74, 6) is -0.320.